The number of nitrogens with two attached hydrogens (primary N) is 1. The number of carboxylic acid groups (broad SMARTS) is 1. The summed E-state index contributed by atoms with van der Waals surface area (Å²) >= 11 is 0. The molecule has 0 saturated heterocycles. The lowest BCUT2D eigenvalue weighted by Crippen LogP contribution is -2.42. The fourth-order valence-corrected chi connectivity index (χ4v) is 2.22. The summed E-state index contributed by atoms with van der Waals surface area (Å²) in [4.78, 5) is 10.9. The van der Waals surface area contributed by atoms with E-state index in [1.54, 1.807) is 0 Å². The molecule has 1 heterocycles. The fraction of sp³-hybridized carbons (Fsp3) is 0.417. The average Bonchev–Trinajstić information content (AvgIpc) is 2.29. The first-order chi connectivity index (χ1) is 7.63. The number of rotatable bonds is 2. The predicted molar refractivity (Wildman–Crippen MR) is 61.0 cm³/mol. The average molecular weight is 220 g/mol. The van der Waals surface area contributed by atoms with Crippen molar-refractivity contribution in [1.29, 1.82) is 0 Å². The standard InChI is InChI=1S/C12H16N2O2/c1-7-8(5-13)2-3-9-6-14-11(12(15)16)4-10(7)9/h2-3,11,14H,4-6,13H2,1H3,(H,15,16). The Morgan fingerprint density at radius 2 is 2.38 bits per heavy atom. The molecule has 0 amide bonds. The maximum absolute atomic E-state index is 10.9. The third kappa shape index (κ3) is 1.81. The van der Waals surface area contributed by atoms with Gasteiger partial charge in [0.05, 0.1) is 0 Å². The Morgan fingerprint density at radius 1 is 1.62 bits per heavy atom. The van der Waals surface area contributed by atoms with E-state index < -0.39 is 12.0 Å². The highest BCUT2D eigenvalue weighted by Crippen LogP contribution is 2.23. The van der Waals surface area contributed by atoms with Crippen LogP contribution in [0.4, 0.5) is 0 Å². The highest BCUT2D eigenvalue weighted by Gasteiger charge is 2.25. The largest absolute Gasteiger partial charge is 0.480 e. The minimum atomic E-state index is -0.789. The second kappa shape index (κ2) is 4.23. The molecule has 4 heteroatoms. The Balaban J connectivity index is 2.38. The second-order valence-corrected chi connectivity index (χ2v) is 4.17. The van der Waals surface area contributed by atoms with E-state index >= 15 is 0 Å². The van der Waals surface area contributed by atoms with Gasteiger partial charge in [-0.05, 0) is 35.6 Å². The first kappa shape index (κ1) is 11.1. The molecule has 0 spiro atoms. The SMILES string of the molecule is Cc1c(CN)ccc2c1CC(C(=O)O)NC2. The molecule has 0 fully saturated rings. The summed E-state index contributed by atoms with van der Waals surface area (Å²) in [5, 5.41) is 12.0. The maximum atomic E-state index is 10.9. The van der Waals surface area contributed by atoms with Crippen LogP contribution in [0.3, 0.4) is 0 Å². The Labute approximate surface area is 94.5 Å². The smallest absolute Gasteiger partial charge is 0.321 e. The molecule has 0 radical (unpaired) electrons. The molecule has 2 rings (SSSR count). The van der Waals surface area contributed by atoms with Gasteiger partial charge in [0.2, 0.25) is 0 Å². The van der Waals surface area contributed by atoms with Crippen LogP contribution in [0.2, 0.25) is 0 Å². The van der Waals surface area contributed by atoms with Crippen molar-refractivity contribution in [1.82, 2.24) is 5.32 Å². The van der Waals surface area contributed by atoms with Crippen molar-refractivity contribution in [2.75, 3.05) is 0 Å². The molecule has 0 bridgehead atoms. The van der Waals surface area contributed by atoms with Gasteiger partial charge >= 0.3 is 5.97 Å². The second-order valence-electron chi connectivity index (χ2n) is 4.17. The minimum absolute atomic E-state index is 0.473. The lowest BCUT2D eigenvalue weighted by molar-refractivity contribution is -0.139. The molecule has 86 valence electrons. The maximum Gasteiger partial charge on any atom is 0.321 e. The van der Waals surface area contributed by atoms with E-state index in [1.165, 1.54) is 5.56 Å². The van der Waals surface area contributed by atoms with E-state index in [4.69, 9.17) is 10.8 Å². The van der Waals surface area contributed by atoms with E-state index in [9.17, 15) is 4.79 Å². The van der Waals surface area contributed by atoms with Crippen molar-refractivity contribution in [3.8, 4) is 0 Å². The van der Waals surface area contributed by atoms with Crippen molar-refractivity contribution in [3.63, 3.8) is 0 Å². The molecular formula is C12H16N2O2. The van der Waals surface area contributed by atoms with Crippen LogP contribution in [0.25, 0.3) is 0 Å². The summed E-state index contributed by atoms with van der Waals surface area (Å²) in [6.07, 6.45) is 0.546. The number of fused-ring (bicyclic) bond motifs is 1. The van der Waals surface area contributed by atoms with Gasteiger partial charge in [0.25, 0.3) is 0 Å². The first-order valence-electron chi connectivity index (χ1n) is 5.40. The Morgan fingerprint density at radius 3 is 3.00 bits per heavy atom. The monoisotopic (exact) mass is 220 g/mol. The summed E-state index contributed by atoms with van der Waals surface area (Å²) < 4.78 is 0. The van der Waals surface area contributed by atoms with Crippen molar-refractivity contribution >= 4 is 5.97 Å². The quantitative estimate of drug-likeness (QED) is 0.680. The minimum Gasteiger partial charge on any atom is -0.480 e. The molecule has 1 atom stereocenters. The highest BCUT2D eigenvalue weighted by atomic mass is 16.4. The summed E-state index contributed by atoms with van der Waals surface area (Å²) in [7, 11) is 0. The van der Waals surface area contributed by atoms with Crippen molar-refractivity contribution < 1.29 is 9.90 Å². The van der Waals surface area contributed by atoms with Gasteiger partial charge in [-0.15, -0.1) is 0 Å². The zero-order valence-electron chi connectivity index (χ0n) is 9.29. The molecule has 0 aromatic heterocycles. The lowest BCUT2D eigenvalue weighted by Gasteiger charge is -2.25. The first-order valence-corrected chi connectivity index (χ1v) is 5.40. The van der Waals surface area contributed by atoms with Gasteiger partial charge < -0.3 is 16.2 Å². The molecule has 1 unspecified atom stereocenters. The number of carboxylic acids is 1. The van der Waals surface area contributed by atoms with E-state index in [1.807, 2.05) is 19.1 Å². The Bertz CT molecular complexity index is 429. The van der Waals surface area contributed by atoms with Crippen LogP contribution in [-0.2, 0) is 24.3 Å². The molecule has 16 heavy (non-hydrogen) atoms. The third-order valence-corrected chi connectivity index (χ3v) is 3.27. The number of hydrogen-bond donors (Lipinski definition) is 3. The van der Waals surface area contributed by atoms with Crippen LogP contribution in [0.15, 0.2) is 12.1 Å². The highest BCUT2D eigenvalue weighted by molar-refractivity contribution is 5.74. The van der Waals surface area contributed by atoms with E-state index in [0.717, 1.165) is 16.7 Å². The Hall–Kier alpha value is -1.39. The van der Waals surface area contributed by atoms with E-state index in [-0.39, 0.29) is 0 Å². The van der Waals surface area contributed by atoms with Gasteiger partial charge in [-0.2, -0.15) is 0 Å². The molecule has 0 aliphatic carbocycles. The normalized spacial score (nSPS) is 19.2. The van der Waals surface area contributed by atoms with Gasteiger partial charge in [-0.1, -0.05) is 12.1 Å². The number of benzene rings is 1. The van der Waals surface area contributed by atoms with E-state index in [2.05, 4.69) is 5.32 Å². The summed E-state index contributed by atoms with van der Waals surface area (Å²) in [5.74, 6) is -0.789. The molecule has 1 aromatic rings. The molecule has 4 nitrogen and oxygen atoms in total. The summed E-state index contributed by atoms with van der Waals surface area (Å²) in [5.41, 5.74) is 10.2. The van der Waals surface area contributed by atoms with Gasteiger partial charge in [0, 0.05) is 13.1 Å². The molecule has 1 aliphatic heterocycles. The van der Waals surface area contributed by atoms with Crippen LogP contribution in [0.5, 0.6) is 0 Å². The number of nitrogens with one attached hydrogen (secondary N) is 1. The van der Waals surface area contributed by atoms with Gasteiger partial charge in [0.15, 0.2) is 0 Å². The summed E-state index contributed by atoms with van der Waals surface area (Å²) in [6.45, 7) is 3.15. The van der Waals surface area contributed by atoms with Gasteiger partial charge in [0.1, 0.15) is 6.04 Å². The number of hydrogen-bond acceptors (Lipinski definition) is 3. The van der Waals surface area contributed by atoms with E-state index in [0.29, 0.717) is 19.5 Å². The van der Waals surface area contributed by atoms with Gasteiger partial charge in [-0.3, -0.25) is 4.79 Å². The predicted octanol–water partition coefficient (Wildman–Crippen LogP) is 0.553. The molecule has 0 saturated carbocycles. The van der Waals surface area contributed by atoms with Crippen LogP contribution < -0.4 is 11.1 Å². The third-order valence-electron chi connectivity index (χ3n) is 3.27. The zero-order chi connectivity index (χ0) is 11.7. The van der Waals surface area contributed by atoms with Crippen LogP contribution >= 0.6 is 0 Å². The lowest BCUT2D eigenvalue weighted by atomic mass is 9.89. The number of carbonyl (C=O) groups is 1. The van der Waals surface area contributed by atoms with Gasteiger partial charge in [-0.25, -0.2) is 0 Å². The van der Waals surface area contributed by atoms with Crippen LogP contribution in [0.1, 0.15) is 22.3 Å². The molecule has 1 aromatic carbocycles. The molecule has 4 N–H and O–H groups in total. The topological polar surface area (TPSA) is 75.4 Å². The van der Waals surface area contributed by atoms with Crippen molar-refractivity contribution in [2.45, 2.75) is 32.5 Å². The van der Waals surface area contributed by atoms with Crippen LogP contribution in [0, 0.1) is 6.92 Å². The fourth-order valence-electron chi connectivity index (χ4n) is 2.22. The zero-order valence-corrected chi connectivity index (χ0v) is 9.29. The summed E-state index contributed by atoms with van der Waals surface area (Å²) in [6, 6.07) is 3.59. The number of aliphatic carboxylic acids is 1. The Kier molecular flexibility index (Phi) is 2.94. The van der Waals surface area contributed by atoms with Crippen molar-refractivity contribution in [2.24, 2.45) is 5.73 Å². The van der Waals surface area contributed by atoms with Crippen molar-refractivity contribution in [3.05, 3.63) is 34.4 Å². The van der Waals surface area contributed by atoms with Crippen LogP contribution in [-0.4, -0.2) is 17.1 Å². The molecule has 1 aliphatic rings. The molecular weight excluding hydrogens is 204 g/mol.